The first-order chi connectivity index (χ1) is 12.8. The van der Waals surface area contributed by atoms with Crippen LogP contribution >= 0.6 is 0 Å². The molecular weight excluding hydrogens is 376 g/mol. The average molecular weight is 395 g/mol. The fourth-order valence-electron chi connectivity index (χ4n) is 3.12. The minimum Gasteiger partial charge on any atom is -0.354 e. The summed E-state index contributed by atoms with van der Waals surface area (Å²) in [6.07, 6.45) is 3.27. The van der Waals surface area contributed by atoms with Crippen LogP contribution in [-0.2, 0) is 9.84 Å². The summed E-state index contributed by atoms with van der Waals surface area (Å²) in [4.78, 5) is 18.4. The smallest absolute Gasteiger partial charge is 0.255 e. The lowest BCUT2D eigenvalue weighted by Gasteiger charge is -2.27. The van der Waals surface area contributed by atoms with E-state index in [-0.39, 0.29) is 29.0 Å². The quantitative estimate of drug-likeness (QED) is 0.842. The number of benzene rings is 1. The number of hydrogen-bond acceptors (Lipinski definition) is 5. The maximum absolute atomic E-state index is 13.3. The molecule has 1 aliphatic heterocycles. The van der Waals surface area contributed by atoms with Crippen LogP contribution in [0, 0.1) is 11.6 Å². The predicted molar refractivity (Wildman–Crippen MR) is 97.6 cm³/mol. The van der Waals surface area contributed by atoms with E-state index >= 15 is 0 Å². The molecule has 1 saturated heterocycles. The number of pyridine rings is 1. The second kappa shape index (κ2) is 7.59. The van der Waals surface area contributed by atoms with E-state index in [0.29, 0.717) is 24.3 Å². The largest absolute Gasteiger partial charge is 0.354 e. The third-order valence-electron chi connectivity index (χ3n) is 4.44. The summed E-state index contributed by atoms with van der Waals surface area (Å²) < 4.78 is 49.8. The van der Waals surface area contributed by atoms with Gasteiger partial charge in [0.05, 0.1) is 29.0 Å². The van der Waals surface area contributed by atoms with Crippen LogP contribution < -0.4 is 5.32 Å². The Kier molecular flexibility index (Phi) is 5.41. The lowest BCUT2D eigenvalue weighted by atomic mass is 10.1. The zero-order valence-corrected chi connectivity index (χ0v) is 15.5. The molecule has 2 aromatic rings. The molecule has 1 aliphatic rings. The predicted octanol–water partition coefficient (Wildman–Crippen LogP) is 2.75. The number of sulfone groups is 1. The number of rotatable bonds is 5. The molecule has 1 aromatic carbocycles. The van der Waals surface area contributed by atoms with E-state index in [1.165, 1.54) is 23.4 Å². The summed E-state index contributed by atoms with van der Waals surface area (Å²) in [5, 5.41) is 2.87. The number of anilines is 2. The van der Waals surface area contributed by atoms with Gasteiger partial charge in [0.25, 0.3) is 5.91 Å². The lowest BCUT2D eigenvalue weighted by Crippen LogP contribution is -2.41. The Morgan fingerprint density at radius 2 is 2.00 bits per heavy atom. The van der Waals surface area contributed by atoms with Crippen LogP contribution in [-0.4, -0.2) is 48.3 Å². The molecule has 27 heavy (non-hydrogen) atoms. The maximum Gasteiger partial charge on any atom is 0.255 e. The molecule has 3 rings (SSSR count). The van der Waals surface area contributed by atoms with Crippen molar-refractivity contribution in [3.63, 3.8) is 0 Å². The molecule has 0 saturated carbocycles. The van der Waals surface area contributed by atoms with Gasteiger partial charge in [-0.25, -0.2) is 17.2 Å². The highest BCUT2D eigenvalue weighted by atomic mass is 32.2. The third kappa shape index (κ3) is 4.41. The molecule has 0 radical (unpaired) electrons. The van der Waals surface area contributed by atoms with Crippen LogP contribution in [0.3, 0.4) is 0 Å². The van der Waals surface area contributed by atoms with Crippen molar-refractivity contribution < 1.29 is 22.0 Å². The molecule has 1 aromatic heterocycles. The minimum atomic E-state index is -3.11. The average Bonchev–Trinajstić information content (AvgIpc) is 2.98. The Labute approximate surface area is 156 Å². The summed E-state index contributed by atoms with van der Waals surface area (Å²) in [5.74, 6) is -2.21. The highest BCUT2D eigenvalue weighted by molar-refractivity contribution is 7.91. The molecule has 1 N–H and O–H groups in total. The Morgan fingerprint density at radius 1 is 1.22 bits per heavy atom. The molecule has 0 spiro atoms. The Bertz CT molecular complexity index is 966. The van der Waals surface area contributed by atoms with Gasteiger partial charge in [-0.05, 0) is 31.5 Å². The van der Waals surface area contributed by atoms with Crippen molar-refractivity contribution in [3.8, 4) is 0 Å². The first-order valence-corrected chi connectivity index (χ1v) is 10.3. The Morgan fingerprint density at radius 3 is 2.63 bits per heavy atom. The lowest BCUT2D eigenvalue weighted by molar-refractivity contribution is 0.0708. The first kappa shape index (κ1) is 19.2. The van der Waals surface area contributed by atoms with Gasteiger partial charge < -0.3 is 10.2 Å². The molecule has 1 amide bonds. The van der Waals surface area contributed by atoms with Crippen LogP contribution in [0.25, 0.3) is 0 Å². The number of hydrogen-bond donors (Lipinski definition) is 1. The molecule has 9 heteroatoms. The van der Waals surface area contributed by atoms with Crippen LogP contribution in [0.2, 0.25) is 0 Å². The van der Waals surface area contributed by atoms with Gasteiger partial charge in [0.15, 0.2) is 21.5 Å². The normalized spacial score (nSPS) is 18.3. The van der Waals surface area contributed by atoms with E-state index in [1.807, 2.05) is 0 Å². The molecule has 144 valence electrons. The Hall–Kier alpha value is -2.55. The second-order valence-electron chi connectivity index (χ2n) is 6.36. The van der Waals surface area contributed by atoms with E-state index < -0.39 is 21.5 Å². The van der Waals surface area contributed by atoms with Gasteiger partial charge in [0.2, 0.25) is 0 Å². The van der Waals surface area contributed by atoms with E-state index in [1.54, 1.807) is 13.0 Å². The summed E-state index contributed by atoms with van der Waals surface area (Å²) >= 11 is 0. The third-order valence-corrected chi connectivity index (χ3v) is 6.19. The van der Waals surface area contributed by atoms with Crippen LogP contribution in [0.15, 0.2) is 36.7 Å². The molecule has 6 nitrogen and oxygen atoms in total. The first-order valence-electron chi connectivity index (χ1n) is 8.47. The fourth-order valence-corrected chi connectivity index (χ4v) is 4.85. The number of aromatic nitrogens is 1. The SMILES string of the molecule is CCN(C(=O)c1cncc(Nc2ccc(F)c(F)c2)c1)C1CCS(=O)(=O)C1. The zero-order chi connectivity index (χ0) is 19.6. The summed E-state index contributed by atoms with van der Waals surface area (Å²) in [6.45, 7) is 2.17. The van der Waals surface area contributed by atoms with Gasteiger partial charge in [0, 0.05) is 30.5 Å². The van der Waals surface area contributed by atoms with Crippen molar-refractivity contribution in [1.82, 2.24) is 9.88 Å². The van der Waals surface area contributed by atoms with Crippen molar-refractivity contribution in [2.45, 2.75) is 19.4 Å². The van der Waals surface area contributed by atoms with Crippen LogP contribution in [0.4, 0.5) is 20.2 Å². The molecular formula is C18H19F2N3O3S. The standard InChI is InChI=1S/C18H19F2N3O3S/c1-2-23(15-5-6-27(25,26)11-15)18(24)12-7-14(10-21-9-12)22-13-3-4-16(19)17(20)8-13/h3-4,7-10,15,22H,2,5-6,11H2,1H3. The summed E-state index contributed by atoms with van der Waals surface area (Å²) in [7, 11) is -3.11. The molecule has 2 heterocycles. The van der Waals surface area contributed by atoms with Gasteiger partial charge in [-0.1, -0.05) is 0 Å². The number of carbonyl (C=O) groups excluding carboxylic acids is 1. The molecule has 1 fully saturated rings. The molecule has 1 unspecified atom stereocenters. The Balaban J connectivity index is 1.79. The van der Waals surface area contributed by atoms with Gasteiger partial charge in [-0.3, -0.25) is 9.78 Å². The van der Waals surface area contributed by atoms with E-state index in [9.17, 15) is 22.0 Å². The topological polar surface area (TPSA) is 79.4 Å². The summed E-state index contributed by atoms with van der Waals surface area (Å²) in [5.41, 5.74) is 1.03. The molecule has 0 bridgehead atoms. The van der Waals surface area contributed by atoms with Crippen molar-refractivity contribution >= 4 is 27.1 Å². The highest BCUT2D eigenvalue weighted by Gasteiger charge is 2.34. The van der Waals surface area contributed by atoms with Gasteiger partial charge in [-0.15, -0.1) is 0 Å². The number of carbonyl (C=O) groups is 1. The zero-order valence-electron chi connectivity index (χ0n) is 14.7. The number of halogens is 2. The maximum atomic E-state index is 13.3. The van der Waals surface area contributed by atoms with Crippen LogP contribution in [0.5, 0.6) is 0 Å². The van der Waals surface area contributed by atoms with E-state index in [0.717, 1.165) is 12.1 Å². The number of nitrogens with zero attached hydrogens (tertiary/aromatic N) is 2. The van der Waals surface area contributed by atoms with E-state index in [4.69, 9.17) is 0 Å². The summed E-state index contributed by atoms with van der Waals surface area (Å²) in [6, 6.07) is 4.57. The molecule has 1 atom stereocenters. The fraction of sp³-hybridized carbons (Fsp3) is 0.333. The van der Waals surface area contributed by atoms with E-state index in [2.05, 4.69) is 10.3 Å². The van der Waals surface area contributed by atoms with Crippen molar-refractivity contribution in [1.29, 1.82) is 0 Å². The van der Waals surface area contributed by atoms with Crippen LogP contribution in [0.1, 0.15) is 23.7 Å². The minimum absolute atomic E-state index is 0.0349. The van der Waals surface area contributed by atoms with Gasteiger partial charge >= 0.3 is 0 Å². The second-order valence-corrected chi connectivity index (χ2v) is 8.59. The number of amides is 1. The van der Waals surface area contributed by atoms with Crippen molar-refractivity contribution in [3.05, 3.63) is 53.9 Å². The van der Waals surface area contributed by atoms with Crippen molar-refractivity contribution in [2.75, 3.05) is 23.4 Å². The van der Waals surface area contributed by atoms with Gasteiger partial charge in [-0.2, -0.15) is 0 Å². The number of nitrogens with one attached hydrogen (secondary N) is 1. The van der Waals surface area contributed by atoms with Gasteiger partial charge in [0.1, 0.15) is 0 Å². The highest BCUT2D eigenvalue weighted by Crippen LogP contribution is 2.22. The van der Waals surface area contributed by atoms with Crippen molar-refractivity contribution in [2.24, 2.45) is 0 Å². The molecule has 0 aliphatic carbocycles. The monoisotopic (exact) mass is 395 g/mol.